The van der Waals surface area contributed by atoms with E-state index in [0.717, 1.165) is 13.1 Å². The third-order valence-corrected chi connectivity index (χ3v) is 5.73. The molecular formula is C21H31N3O2. The average Bonchev–Trinajstić information content (AvgIpc) is 2.83. The normalized spacial score (nSPS) is 22.9. The van der Waals surface area contributed by atoms with Crippen molar-refractivity contribution < 1.29 is 9.59 Å². The van der Waals surface area contributed by atoms with E-state index < -0.39 is 0 Å². The molecule has 2 heterocycles. The van der Waals surface area contributed by atoms with Gasteiger partial charge in [-0.25, -0.2) is 0 Å². The van der Waals surface area contributed by atoms with Gasteiger partial charge in [-0.2, -0.15) is 0 Å². The fourth-order valence-corrected chi connectivity index (χ4v) is 4.03. The smallest absolute Gasteiger partial charge is 0.225 e. The molecule has 5 nitrogen and oxygen atoms in total. The molecule has 1 aromatic carbocycles. The molecule has 5 heteroatoms. The molecule has 2 atom stereocenters. The van der Waals surface area contributed by atoms with Gasteiger partial charge in [-0.15, -0.1) is 0 Å². The quantitative estimate of drug-likeness (QED) is 0.881. The number of nitrogens with zero attached hydrogens (tertiary/aromatic N) is 2. The lowest BCUT2D eigenvalue weighted by Crippen LogP contribution is -2.41. The van der Waals surface area contributed by atoms with Gasteiger partial charge in [0.05, 0.1) is 12.0 Å². The lowest BCUT2D eigenvalue weighted by Gasteiger charge is -2.31. The number of benzene rings is 1. The van der Waals surface area contributed by atoms with E-state index in [1.807, 2.05) is 0 Å². The van der Waals surface area contributed by atoms with Crippen LogP contribution in [0.5, 0.6) is 0 Å². The first kappa shape index (κ1) is 18.9. The Morgan fingerprint density at radius 1 is 1.15 bits per heavy atom. The summed E-state index contributed by atoms with van der Waals surface area (Å²) in [5.41, 5.74) is 2.51. The van der Waals surface area contributed by atoms with Crippen LogP contribution in [0.1, 0.15) is 49.3 Å². The summed E-state index contributed by atoms with van der Waals surface area (Å²) < 4.78 is 0. The van der Waals surface area contributed by atoms with Crippen LogP contribution < -0.4 is 5.32 Å². The van der Waals surface area contributed by atoms with Gasteiger partial charge < -0.3 is 10.2 Å². The van der Waals surface area contributed by atoms with E-state index in [2.05, 4.69) is 41.4 Å². The van der Waals surface area contributed by atoms with Crippen molar-refractivity contribution >= 4 is 11.8 Å². The first-order valence-electron chi connectivity index (χ1n) is 9.87. The van der Waals surface area contributed by atoms with Gasteiger partial charge in [-0.3, -0.25) is 14.5 Å². The Morgan fingerprint density at radius 3 is 2.38 bits per heavy atom. The monoisotopic (exact) mass is 357 g/mol. The van der Waals surface area contributed by atoms with Crippen LogP contribution in [0.3, 0.4) is 0 Å². The van der Waals surface area contributed by atoms with Gasteiger partial charge >= 0.3 is 0 Å². The summed E-state index contributed by atoms with van der Waals surface area (Å²) in [6.45, 7) is 5.40. The van der Waals surface area contributed by atoms with Crippen LogP contribution in [0.2, 0.25) is 0 Å². The number of hydrogen-bond acceptors (Lipinski definition) is 3. The van der Waals surface area contributed by atoms with Crippen molar-refractivity contribution in [1.29, 1.82) is 0 Å². The molecule has 0 bridgehead atoms. The third-order valence-electron chi connectivity index (χ3n) is 5.73. The summed E-state index contributed by atoms with van der Waals surface area (Å²) in [6.07, 6.45) is 5.36. The zero-order valence-corrected chi connectivity index (χ0v) is 16.0. The van der Waals surface area contributed by atoms with Crippen molar-refractivity contribution in [1.82, 2.24) is 15.1 Å². The third kappa shape index (κ3) is 4.64. The number of amides is 2. The van der Waals surface area contributed by atoms with E-state index in [4.69, 9.17) is 0 Å². The Morgan fingerprint density at radius 2 is 1.81 bits per heavy atom. The zero-order chi connectivity index (χ0) is 18.5. The maximum atomic E-state index is 12.6. The Balaban J connectivity index is 1.68. The van der Waals surface area contributed by atoms with E-state index in [-0.39, 0.29) is 23.8 Å². The first-order valence-corrected chi connectivity index (χ1v) is 9.87. The molecule has 1 N–H and O–H groups in total. The molecule has 1 aromatic rings. The molecule has 2 aliphatic rings. The topological polar surface area (TPSA) is 52.7 Å². The molecule has 0 aromatic heterocycles. The fourth-order valence-electron chi connectivity index (χ4n) is 4.03. The van der Waals surface area contributed by atoms with Crippen molar-refractivity contribution in [3.05, 3.63) is 35.4 Å². The molecule has 2 unspecified atom stereocenters. The molecule has 0 saturated carbocycles. The summed E-state index contributed by atoms with van der Waals surface area (Å²) in [5.74, 6) is -0.141. The minimum atomic E-state index is -0.213. The highest BCUT2D eigenvalue weighted by Gasteiger charge is 2.32. The number of carbonyl (C=O) groups is 2. The van der Waals surface area contributed by atoms with Gasteiger partial charge in [-0.05, 0) is 38.4 Å². The molecule has 142 valence electrons. The highest BCUT2D eigenvalue weighted by Crippen LogP contribution is 2.25. The molecule has 3 rings (SSSR count). The van der Waals surface area contributed by atoms with Crippen LogP contribution >= 0.6 is 0 Å². The Labute approximate surface area is 156 Å². The number of carbonyl (C=O) groups excluding carboxylic acids is 2. The molecule has 2 amide bonds. The minimum Gasteiger partial charge on any atom is -0.354 e. The van der Waals surface area contributed by atoms with Crippen LogP contribution in [0.25, 0.3) is 0 Å². The molecule has 0 radical (unpaired) electrons. The van der Waals surface area contributed by atoms with E-state index >= 15 is 0 Å². The molecule has 2 saturated heterocycles. The predicted molar refractivity (Wildman–Crippen MR) is 103 cm³/mol. The molecule has 2 fully saturated rings. The van der Waals surface area contributed by atoms with Crippen LogP contribution in [-0.2, 0) is 9.59 Å². The lowest BCUT2D eigenvalue weighted by atomic mass is 10.0. The van der Waals surface area contributed by atoms with E-state index in [1.54, 1.807) is 11.9 Å². The van der Waals surface area contributed by atoms with Crippen LogP contribution in [0.15, 0.2) is 24.3 Å². The van der Waals surface area contributed by atoms with E-state index in [0.29, 0.717) is 19.5 Å². The predicted octanol–water partition coefficient (Wildman–Crippen LogP) is 2.51. The Kier molecular flexibility index (Phi) is 6.30. The van der Waals surface area contributed by atoms with Crippen LogP contribution in [0, 0.1) is 12.8 Å². The Hall–Kier alpha value is -1.88. The van der Waals surface area contributed by atoms with Crippen LogP contribution in [0.4, 0.5) is 0 Å². The lowest BCUT2D eigenvalue weighted by molar-refractivity contribution is -0.128. The highest BCUT2D eigenvalue weighted by atomic mass is 16.2. The second kappa shape index (κ2) is 8.67. The summed E-state index contributed by atoms with van der Waals surface area (Å²) >= 11 is 0. The van der Waals surface area contributed by atoms with Crippen molar-refractivity contribution in [3.8, 4) is 0 Å². The number of hydrogen-bond donors (Lipinski definition) is 1. The molecule has 0 aliphatic carbocycles. The SMILES string of the molecule is Cc1ccc(C(CNC(=O)C2CC(=O)N(C)C2)N2CCCCCC2)cc1. The summed E-state index contributed by atoms with van der Waals surface area (Å²) in [4.78, 5) is 28.4. The average molecular weight is 357 g/mol. The van der Waals surface area contributed by atoms with Gasteiger partial charge in [0.25, 0.3) is 0 Å². The number of likely N-dealkylation sites (tertiary alicyclic amines) is 2. The number of rotatable bonds is 5. The number of aryl methyl sites for hydroxylation is 1. The standard InChI is InChI=1S/C21H31N3O2/c1-16-7-9-17(10-8-16)19(24-11-5-3-4-6-12-24)14-22-21(26)18-13-20(25)23(2)15-18/h7-10,18-19H,3-6,11-15H2,1-2H3,(H,22,26). The fraction of sp³-hybridized carbons (Fsp3) is 0.619. The molecule has 2 aliphatic heterocycles. The second-order valence-electron chi connectivity index (χ2n) is 7.80. The summed E-state index contributed by atoms with van der Waals surface area (Å²) in [6, 6.07) is 8.86. The summed E-state index contributed by atoms with van der Waals surface area (Å²) in [7, 11) is 1.77. The maximum Gasteiger partial charge on any atom is 0.225 e. The van der Waals surface area contributed by atoms with Gasteiger partial charge in [-0.1, -0.05) is 42.7 Å². The van der Waals surface area contributed by atoms with Gasteiger partial charge in [0.15, 0.2) is 0 Å². The second-order valence-corrected chi connectivity index (χ2v) is 7.80. The van der Waals surface area contributed by atoms with Crippen LogP contribution in [-0.4, -0.2) is 54.8 Å². The zero-order valence-electron chi connectivity index (χ0n) is 16.0. The largest absolute Gasteiger partial charge is 0.354 e. The molecule has 26 heavy (non-hydrogen) atoms. The maximum absolute atomic E-state index is 12.6. The van der Waals surface area contributed by atoms with E-state index in [9.17, 15) is 9.59 Å². The van der Waals surface area contributed by atoms with Crippen molar-refractivity contribution in [2.75, 3.05) is 33.2 Å². The molecule has 0 spiro atoms. The molecular weight excluding hydrogens is 326 g/mol. The summed E-state index contributed by atoms with van der Waals surface area (Å²) in [5, 5.41) is 3.14. The van der Waals surface area contributed by atoms with Gasteiger partial charge in [0, 0.05) is 26.6 Å². The van der Waals surface area contributed by atoms with Gasteiger partial charge in [0.2, 0.25) is 11.8 Å². The van der Waals surface area contributed by atoms with Crippen molar-refractivity contribution in [2.45, 2.75) is 45.1 Å². The number of nitrogens with one attached hydrogen (secondary N) is 1. The van der Waals surface area contributed by atoms with Crippen molar-refractivity contribution in [2.24, 2.45) is 5.92 Å². The van der Waals surface area contributed by atoms with E-state index in [1.165, 1.54) is 36.8 Å². The highest BCUT2D eigenvalue weighted by molar-refractivity contribution is 5.89. The Bertz CT molecular complexity index is 621. The van der Waals surface area contributed by atoms with Crippen molar-refractivity contribution in [3.63, 3.8) is 0 Å². The first-order chi connectivity index (χ1) is 12.5. The minimum absolute atomic E-state index is 0.00892. The van der Waals surface area contributed by atoms with Gasteiger partial charge in [0.1, 0.15) is 0 Å².